The highest BCUT2D eigenvalue weighted by atomic mass is 19.1. The van der Waals surface area contributed by atoms with Crippen LogP contribution in [-0.4, -0.2) is 18.7 Å². The molecule has 0 spiro atoms. The number of hydrogen-bond acceptors (Lipinski definition) is 3. The van der Waals surface area contributed by atoms with Crippen molar-refractivity contribution >= 4 is 17.8 Å². The van der Waals surface area contributed by atoms with Crippen LogP contribution in [0.2, 0.25) is 0 Å². The van der Waals surface area contributed by atoms with Crippen LogP contribution in [0.5, 0.6) is 0 Å². The number of rotatable bonds is 7. The van der Waals surface area contributed by atoms with E-state index in [4.69, 9.17) is 0 Å². The van der Waals surface area contributed by atoms with Gasteiger partial charge in [-0.05, 0) is 42.3 Å². The van der Waals surface area contributed by atoms with E-state index in [-0.39, 0.29) is 5.56 Å². The van der Waals surface area contributed by atoms with Crippen LogP contribution in [-0.2, 0) is 6.54 Å². The fourth-order valence-electron chi connectivity index (χ4n) is 2.83. The summed E-state index contributed by atoms with van der Waals surface area (Å²) < 4.78 is 13.6. The Hall–Kier alpha value is -3.47. The molecule has 0 saturated carbocycles. The first-order valence-electron chi connectivity index (χ1n) is 9.14. The molecule has 0 aromatic heterocycles. The average Bonchev–Trinajstić information content (AvgIpc) is 2.73. The number of benzene rings is 3. The van der Waals surface area contributed by atoms with Gasteiger partial charge in [-0.25, -0.2) is 9.82 Å². The molecular formula is C23H22FN3O. The lowest BCUT2D eigenvalue weighted by atomic mass is 10.1. The summed E-state index contributed by atoms with van der Waals surface area (Å²) >= 11 is 0. The van der Waals surface area contributed by atoms with Crippen molar-refractivity contribution in [2.24, 2.45) is 5.10 Å². The quantitative estimate of drug-likeness (QED) is 0.484. The number of anilines is 1. The Labute approximate surface area is 164 Å². The highest BCUT2D eigenvalue weighted by Gasteiger charge is 2.09. The lowest BCUT2D eigenvalue weighted by Gasteiger charge is -2.23. The van der Waals surface area contributed by atoms with Crippen LogP contribution in [0, 0.1) is 5.82 Å². The van der Waals surface area contributed by atoms with Gasteiger partial charge in [0, 0.05) is 18.8 Å². The lowest BCUT2D eigenvalue weighted by molar-refractivity contribution is 0.0951. The van der Waals surface area contributed by atoms with Crippen LogP contribution < -0.4 is 10.3 Å². The first kappa shape index (κ1) is 19.3. The van der Waals surface area contributed by atoms with Crippen molar-refractivity contribution in [3.05, 3.63) is 101 Å². The maximum Gasteiger partial charge on any atom is 0.274 e. The summed E-state index contributed by atoms with van der Waals surface area (Å²) in [6.45, 7) is 3.85. The Morgan fingerprint density at radius 1 is 1.00 bits per heavy atom. The predicted octanol–water partition coefficient (Wildman–Crippen LogP) is 4.62. The van der Waals surface area contributed by atoms with E-state index < -0.39 is 11.7 Å². The second kappa shape index (κ2) is 9.46. The molecule has 3 aromatic rings. The third-order valence-corrected chi connectivity index (χ3v) is 4.35. The third-order valence-electron chi connectivity index (χ3n) is 4.35. The first-order valence-corrected chi connectivity index (χ1v) is 9.14. The Morgan fingerprint density at radius 2 is 1.68 bits per heavy atom. The van der Waals surface area contributed by atoms with Crippen LogP contribution in [0.1, 0.15) is 28.4 Å². The molecule has 1 N–H and O–H groups in total. The van der Waals surface area contributed by atoms with Gasteiger partial charge in [0.05, 0.1) is 11.8 Å². The van der Waals surface area contributed by atoms with Crippen molar-refractivity contribution in [1.29, 1.82) is 0 Å². The summed E-state index contributed by atoms with van der Waals surface area (Å²) in [6.07, 6.45) is 1.54. The Kier molecular flexibility index (Phi) is 6.52. The fourth-order valence-corrected chi connectivity index (χ4v) is 2.83. The van der Waals surface area contributed by atoms with Crippen molar-refractivity contribution in [2.75, 3.05) is 11.4 Å². The van der Waals surface area contributed by atoms with Gasteiger partial charge < -0.3 is 4.90 Å². The van der Waals surface area contributed by atoms with Crippen molar-refractivity contribution < 1.29 is 9.18 Å². The summed E-state index contributed by atoms with van der Waals surface area (Å²) in [4.78, 5) is 14.2. The standard InChI is InChI=1S/C23H22FN3O/c1-2-27(17-19-8-4-3-5-9-19)20-14-12-18(13-15-20)16-25-26-23(28)21-10-6-7-11-22(21)24/h3-16H,2,17H2,1H3,(H,26,28)/b25-16+. The van der Waals surface area contributed by atoms with Crippen molar-refractivity contribution in [3.63, 3.8) is 0 Å². The second-order valence-electron chi connectivity index (χ2n) is 6.27. The van der Waals surface area contributed by atoms with Gasteiger partial charge >= 0.3 is 0 Å². The molecule has 0 atom stereocenters. The van der Waals surface area contributed by atoms with Gasteiger partial charge in [-0.15, -0.1) is 0 Å². The number of nitrogens with one attached hydrogen (secondary N) is 1. The monoisotopic (exact) mass is 375 g/mol. The molecule has 142 valence electrons. The van der Waals surface area contributed by atoms with Crippen LogP contribution in [0.15, 0.2) is 84.0 Å². The van der Waals surface area contributed by atoms with Gasteiger partial charge in [0.1, 0.15) is 5.82 Å². The molecule has 28 heavy (non-hydrogen) atoms. The molecule has 1 amide bonds. The zero-order valence-electron chi connectivity index (χ0n) is 15.7. The molecule has 5 heteroatoms. The smallest absolute Gasteiger partial charge is 0.274 e. The van der Waals surface area contributed by atoms with Gasteiger partial charge in [0.2, 0.25) is 0 Å². The highest BCUT2D eigenvalue weighted by molar-refractivity contribution is 5.95. The largest absolute Gasteiger partial charge is 0.367 e. The molecule has 3 aromatic carbocycles. The van der Waals surface area contributed by atoms with Crippen LogP contribution in [0.25, 0.3) is 0 Å². The van der Waals surface area contributed by atoms with Crippen LogP contribution in [0.4, 0.5) is 10.1 Å². The number of carbonyl (C=O) groups is 1. The molecule has 0 heterocycles. The minimum absolute atomic E-state index is 0.0329. The number of nitrogens with zero attached hydrogens (tertiary/aromatic N) is 2. The van der Waals surface area contributed by atoms with Gasteiger partial charge in [-0.3, -0.25) is 4.79 Å². The second-order valence-corrected chi connectivity index (χ2v) is 6.27. The number of carbonyl (C=O) groups excluding carboxylic acids is 1. The van der Waals surface area contributed by atoms with Crippen LogP contribution >= 0.6 is 0 Å². The molecule has 3 rings (SSSR count). The summed E-state index contributed by atoms with van der Waals surface area (Å²) in [5.41, 5.74) is 5.52. The summed E-state index contributed by atoms with van der Waals surface area (Å²) in [5.74, 6) is -1.15. The molecule has 0 fully saturated rings. The van der Waals surface area contributed by atoms with Crippen LogP contribution in [0.3, 0.4) is 0 Å². The molecule has 0 radical (unpaired) electrons. The number of amides is 1. The van der Waals surface area contributed by atoms with E-state index >= 15 is 0 Å². The zero-order valence-corrected chi connectivity index (χ0v) is 15.7. The molecule has 0 unspecified atom stereocenters. The average molecular weight is 375 g/mol. The zero-order chi connectivity index (χ0) is 19.8. The van der Waals surface area contributed by atoms with Gasteiger partial charge in [0.25, 0.3) is 5.91 Å². The van der Waals surface area contributed by atoms with Gasteiger partial charge in [-0.1, -0.05) is 54.6 Å². The highest BCUT2D eigenvalue weighted by Crippen LogP contribution is 2.17. The van der Waals surface area contributed by atoms with E-state index in [9.17, 15) is 9.18 Å². The topological polar surface area (TPSA) is 44.7 Å². The summed E-state index contributed by atoms with van der Waals surface area (Å²) in [7, 11) is 0. The summed E-state index contributed by atoms with van der Waals surface area (Å²) in [5, 5.41) is 3.92. The predicted molar refractivity (Wildman–Crippen MR) is 111 cm³/mol. The molecule has 0 aliphatic carbocycles. The summed E-state index contributed by atoms with van der Waals surface area (Å²) in [6, 6.07) is 24.0. The molecule has 0 aliphatic rings. The van der Waals surface area contributed by atoms with E-state index in [1.807, 2.05) is 42.5 Å². The molecule has 4 nitrogen and oxygen atoms in total. The normalized spacial score (nSPS) is 10.8. The van der Waals surface area contributed by atoms with E-state index in [2.05, 4.69) is 34.5 Å². The van der Waals surface area contributed by atoms with E-state index in [0.29, 0.717) is 0 Å². The fraction of sp³-hybridized carbons (Fsp3) is 0.130. The van der Waals surface area contributed by atoms with E-state index in [1.165, 1.54) is 30.0 Å². The minimum atomic E-state index is -0.578. The van der Waals surface area contributed by atoms with E-state index in [1.54, 1.807) is 6.07 Å². The Morgan fingerprint density at radius 3 is 2.36 bits per heavy atom. The maximum atomic E-state index is 13.6. The Balaban J connectivity index is 1.61. The SMILES string of the molecule is CCN(Cc1ccccc1)c1ccc(/C=N/NC(=O)c2ccccc2F)cc1. The molecule has 0 aliphatic heterocycles. The van der Waals surface area contributed by atoms with E-state index in [0.717, 1.165) is 24.3 Å². The van der Waals surface area contributed by atoms with Crippen molar-refractivity contribution in [2.45, 2.75) is 13.5 Å². The first-order chi connectivity index (χ1) is 13.7. The lowest BCUT2D eigenvalue weighted by Crippen LogP contribution is -2.21. The third kappa shape index (κ3) is 5.04. The molecular weight excluding hydrogens is 353 g/mol. The number of hydrazone groups is 1. The Bertz CT molecular complexity index is 940. The van der Waals surface area contributed by atoms with Gasteiger partial charge in [0.15, 0.2) is 0 Å². The molecule has 0 bridgehead atoms. The van der Waals surface area contributed by atoms with Crippen molar-refractivity contribution in [3.8, 4) is 0 Å². The minimum Gasteiger partial charge on any atom is -0.367 e. The van der Waals surface area contributed by atoms with Crippen molar-refractivity contribution in [1.82, 2.24) is 5.43 Å². The van der Waals surface area contributed by atoms with Gasteiger partial charge in [-0.2, -0.15) is 5.10 Å². The number of hydrogen-bond donors (Lipinski definition) is 1. The molecule has 0 saturated heterocycles. The maximum absolute atomic E-state index is 13.6. The number of halogens is 1.